The van der Waals surface area contributed by atoms with Crippen LogP contribution in [0.4, 0.5) is 11.5 Å². The Morgan fingerprint density at radius 1 is 1.23 bits per heavy atom. The number of nitrogens with one attached hydrogen (secondary N) is 2. The number of aromatic nitrogens is 4. The van der Waals surface area contributed by atoms with E-state index in [0.717, 1.165) is 11.4 Å². The lowest BCUT2D eigenvalue weighted by atomic mass is 10.00. The predicted octanol–water partition coefficient (Wildman–Crippen LogP) is 2.40. The molecule has 0 radical (unpaired) electrons. The summed E-state index contributed by atoms with van der Waals surface area (Å²) in [4.78, 5) is 18.4. The molecule has 0 aliphatic heterocycles. The van der Waals surface area contributed by atoms with Gasteiger partial charge < -0.3 is 10.0 Å². The third kappa shape index (κ3) is 3.39. The minimum atomic E-state index is -0.439. The molecule has 8 nitrogen and oxygen atoms in total. The molecular weight excluding hydrogens is 332 g/mol. The Kier molecular flexibility index (Phi) is 4.66. The average molecular weight is 354 g/mol. The van der Waals surface area contributed by atoms with Crippen molar-refractivity contribution in [1.82, 2.24) is 19.9 Å². The van der Waals surface area contributed by atoms with Crippen LogP contribution in [0.15, 0.2) is 41.3 Å². The summed E-state index contributed by atoms with van der Waals surface area (Å²) >= 11 is 0. The quantitative estimate of drug-likeness (QED) is 0.651. The van der Waals surface area contributed by atoms with Crippen LogP contribution in [-0.4, -0.2) is 39.1 Å². The number of hydrogen-bond donors (Lipinski definition) is 3. The average Bonchev–Trinajstić information content (AvgIpc) is 2.96. The fourth-order valence-electron chi connectivity index (χ4n) is 2.52. The molecule has 136 valence electrons. The highest BCUT2D eigenvalue weighted by Gasteiger charge is 2.16. The largest absolute Gasteiger partial charge is 0.507 e. The third-order valence-corrected chi connectivity index (χ3v) is 4.05. The zero-order valence-electron chi connectivity index (χ0n) is 15.2. The van der Waals surface area contributed by atoms with Gasteiger partial charge in [-0.15, -0.1) is 0 Å². The van der Waals surface area contributed by atoms with E-state index in [4.69, 9.17) is 0 Å². The van der Waals surface area contributed by atoms with E-state index >= 15 is 0 Å². The van der Waals surface area contributed by atoms with Crippen molar-refractivity contribution in [2.45, 2.75) is 19.8 Å². The number of H-pyrrole nitrogens is 1. The summed E-state index contributed by atoms with van der Waals surface area (Å²) in [6.07, 6.45) is 1.63. The van der Waals surface area contributed by atoms with Gasteiger partial charge in [-0.2, -0.15) is 9.77 Å². The van der Waals surface area contributed by atoms with Crippen molar-refractivity contribution in [2.24, 2.45) is 0 Å². The van der Waals surface area contributed by atoms with Crippen LogP contribution in [0.25, 0.3) is 11.4 Å². The molecule has 0 saturated carbocycles. The highest BCUT2D eigenvalue weighted by atomic mass is 16.3. The van der Waals surface area contributed by atoms with Crippen LogP contribution >= 0.6 is 0 Å². The molecule has 8 heteroatoms. The van der Waals surface area contributed by atoms with Gasteiger partial charge in [0.15, 0.2) is 5.82 Å². The second-order valence-corrected chi connectivity index (χ2v) is 6.53. The number of phenols is 1. The number of hydrogen-bond acceptors (Lipinski definition) is 6. The maximum atomic E-state index is 12.2. The summed E-state index contributed by atoms with van der Waals surface area (Å²) in [5, 5.41) is 16.7. The molecule has 0 saturated heterocycles. The highest BCUT2D eigenvalue weighted by molar-refractivity contribution is 5.66. The molecule has 1 aromatic carbocycles. The van der Waals surface area contributed by atoms with Crippen LogP contribution in [-0.2, 0) is 0 Å². The zero-order chi connectivity index (χ0) is 18.8. The van der Waals surface area contributed by atoms with E-state index in [0.29, 0.717) is 17.1 Å². The van der Waals surface area contributed by atoms with E-state index in [1.54, 1.807) is 12.3 Å². The molecule has 0 aliphatic rings. The summed E-state index contributed by atoms with van der Waals surface area (Å²) in [6.45, 7) is 4.12. The molecular formula is C18H22N6O2. The Morgan fingerprint density at radius 2 is 2.00 bits per heavy atom. The van der Waals surface area contributed by atoms with Crippen LogP contribution in [0.1, 0.15) is 25.3 Å². The van der Waals surface area contributed by atoms with E-state index in [-0.39, 0.29) is 11.7 Å². The maximum Gasteiger partial charge on any atom is 0.362 e. The summed E-state index contributed by atoms with van der Waals surface area (Å²) in [5.41, 5.74) is 4.68. The van der Waals surface area contributed by atoms with Gasteiger partial charge in [0.05, 0.1) is 17.4 Å². The molecule has 3 aromatic rings. The minimum Gasteiger partial charge on any atom is -0.507 e. The Bertz CT molecular complexity index is 957. The van der Waals surface area contributed by atoms with Crippen LogP contribution in [0, 0.1) is 0 Å². The zero-order valence-corrected chi connectivity index (χ0v) is 15.2. The topological polar surface area (TPSA) is 99.1 Å². The number of aromatic hydroxyl groups is 1. The number of phenolic OH excluding ortho intramolecular Hbond substituents is 1. The number of benzene rings is 1. The van der Waals surface area contributed by atoms with Gasteiger partial charge in [-0.1, -0.05) is 19.9 Å². The van der Waals surface area contributed by atoms with Crippen molar-refractivity contribution in [2.75, 3.05) is 24.4 Å². The lowest BCUT2D eigenvalue weighted by Crippen LogP contribution is -2.24. The normalized spacial score (nSPS) is 11.0. The number of pyridine rings is 1. The van der Waals surface area contributed by atoms with Crippen LogP contribution < -0.4 is 16.0 Å². The molecule has 0 fully saturated rings. The standard InChI is InChI=1S/C18H22N6O2/c1-11(2)12-5-7-15(25)14(9-12)17-20-21-18(26)24(17)22-13-6-8-16(19-10-13)23(3)4/h5-11,22,25H,1-4H3,(H,21,26). The van der Waals surface area contributed by atoms with Crippen molar-refractivity contribution in [1.29, 1.82) is 0 Å². The number of aromatic amines is 1. The predicted molar refractivity (Wildman–Crippen MR) is 102 cm³/mol. The van der Waals surface area contributed by atoms with Gasteiger partial charge in [-0.3, -0.25) is 5.43 Å². The summed E-state index contributed by atoms with van der Waals surface area (Å²) in [6, 6.07) is 8.96. The van der Waals surface area contributed by atoms with Gasteiger partial charge in [0, 0.05) is 14.1 Å². The van der Waals surface area contributed by atoms with Gasteiger partial charge >= 0.3 is 5.69 Å². The molecule has 2 heterocycles. The van der Waals surface area contributed by atoms with Crippen molar-refractivity contribution < 1.29 is 5.11 Å². The maximum absolute atomic E-state index is 12.2. The van der Waals surface area contributed by atoms with Gasteiger partial charge in [-0.05, 0) is 35.7 Å². The number of rotatable bonds is 5. The first-order valence-corrected chi connectivity index (χ1v) is 8.28. The smallest absolute Gasteiger partial charge is 0.362 e. The fraction of sp³-hybridized carbons (Fsp3) is 0.278. The molecule has 0 atom stereocenters. The van der Waals surface area contributed by atoms with E-state index in [9.17, 15) is 9.90 Å². The van der Waals surface area contributed by atoms with Gasteiger partial charge in [-0.25, -0.2) is 14.9 Å². The van der Waals surface area contributed by atoms with Crippen molar-refractivity contribution in [3.05, 3.63) is 52.6 Å². The molecule has 3 N–H and O–H groups in total. The number of nitrogens with zero attached hydrogens (tertiary/aromatic N) is 4. The van der Waals surface area contributed by atoms with Crippen molar-refractivity contribution in [3.63, 3.8) is 0 Å². The molecule has 2 aromatic heterocycles. The molecule has 0 bridgehead atoms. The summed E-state index contributed by atoms with van der Waals surface area (Å²) < 4.78 is 1.26. The monoisotopic (exact) mass is 354 g/mol. The van der Waals surface area contributed by atoms with Gasteiger partial charge in [0.1, 0.15) is 11.6 Å². The SMILES string of the molecule is CC(C)c1ccc(O)c(-c2n[nH]c(=O)n2Nc2ccc(N(C)C)nc2)c1. The van der Waals surface area contributed by atoms with E-state index in [2.05, 4.69) is 34.5 Å². The molecule has 0 unspecified atom stereocenters. The van der Waals surface area contributed by atoms with E-state index in [1.165, 1.54) is 4.68 Å². The Labute approximate surface area is 151 Å². The lowest BCUT2D eigenvalue weighted by Gasteiger charge is -2.14. The summed E-state index contributed by atoms with van der Waals surface area (Å²) in [7, 11) is 3.80. The number of anilines is 2. The third-order valence-electron chi connectivity index (χ3n) is 4.05. The molecule has 3 rings (SSSR count). The first-order chi connectivity index (χ1) is 12.4. The second-order valence-electron chi connectivity index (χ2n) is 6.53. The Morgan fingerprint density at radius 3 is 2.62 bits per heavy atom. The molecule has 0 aliphatic carbocycles. The Hall–Kier alpha value is -3.29. The van der Waals surface area contributed by atoms with Crippen LogP contribution in [0.2, 0.25) is 0 Å². The second kappa shape index (κ2) is 6.91. The molecule has 26 heavy (non-hydrogen) atoms. The van der Waals surface area contributed by atoms with Gasteiger partial charge in [0.2, 0.25) is 0 Å². The first kappa shape index (κ1) is 17.5. The minimum absolute atomic E-state index is 0.0533. The molecule has 0 spiro atoms. The highest BCUT2D eigenvalue weighted by Crippen LogP contribution is 2.30. The lowest BCUT2D eigenvalue weighted by molar-refractivity contribution is 0.476. The van der Waals surface area contributed by atoms with Crippen molar-refractivity contribution >= 4 is 11.5 Å². The van der Waals surface area contributed by atoms with Gasteiger partial charge in [0.25, 0.3) is 0 Å². The van der Waals surface area contributed by atoms with E-state index < -0.39 is 5.69 Å². The summed E-state index contributed by atoms with van der Waals surface area (Å²) in [5.74, 6) is 1.44. The van der Waals surface area contributed by atoms with E-state index in [1.807, 2.05) is 43.3 Å². The van der Waals surface area contributed by atoms with Crippen LogP contribution in [0.3, 0.4) is 0 Å². The van der Waals surface area contributed by atoms with Crippen molar-refractivity contribution in [3.8, 4) is 17.1 Å². The van der Waals surface area contributed by atoms with Crippen LogP contribution in [0.5, 0.6) is 5.75 Å². The fourth-order valence-corrected chi connectivity index (χ4v) is 2.52. The first-order valence-electron chi connectivity index (χ1n) is 8.28. The molecule has 0 amide bonds. The Balaban J connectivity index is 2.00.